The predicted molar refractivity (Wildman–Crippen MR) is 132 cm³/mol. The molecule has 1 aromatic carbocycles. The van der Waals surface area contributed by atoms with Gasteiger partial charge in [0.05, 0.1) is 24.2 Å². The normalized spacial score (nSPS) is 11.6. The Hall–Kier alpha value is -1.88. The summed E-state index contributed by atoms with van der Waals surface area (Å²) in [4.78, 5) is 9.44. The number of sulfone groups is 1. The maximum Gasteiger partial charge on any atom is 0.191 e. The van der Waals surface area contributed by atoms with E-state index in [4.69, 9.17) is 4.74 Å². The Morgan fingerprint density at radius 3 is 2.40 bits per heavy atom. The number of pyridine rings is 1. The minimum Gasteiger partial charge on any atom is -0.496 e. The average molecular weight is 546 g/mol. The number of nitrogens with one attached hydrogen (secondary N) is 2. The average Bonchev–Trinajstić information content (AvgIpc) is 2.67. The predicted octanol–water partition coefficient (Wildman–Crippen LogP) is 3.03. The molecule has 0 bridgehead atoms. The van der Waals surface area contributed by atoms with Gasteiger partial charge >= 0.3 is 0 Å². The van der Waals surface area contributed by atoms with Gasteiger partial charge in [0.25, 0.3) is 0 Å². The number of benzene rings is 1. The van der Waals surface area contributed by atoms with Gasteiger partial charge in [-0.1, -0.05) is 12.1 Å². The smallest absolute Gasteiger partial charge is 0.191 e. The Kier molecular flexibility index (Phi) is 10.5. The lowest BCUT2D eigenvalue weighted by Gasteiger charge is -2.13. The molecule has 0 spiro atoms. The number of aromatic nitrogens is 1. The second-order valence-corrected chi connectivity index (χ2v) is 8.85. The molecule has 0 atom stereocenters. The third-order valence-corrected chi connectivity index (χ3v) is 5.67. The van der Waals surface area contributed by atoms with Gasteiger partial charge in [0, 0.05) is 36.7 Å². The van der Waals surface area contributed by atoms with E-state index in [-0.39, 0.29) is 24.0 Å². The summed E-state index contributed by atoms with van der Waals surface area (Å²) < 4.78 is 28.5. The highest BCUT2D eigenvalue weighted by Gasteiger charge is 2.09. The molecule has 7 nitrogen and oxygen atoms in total. The van der Waals surface area contributed by atoms with E-state index in [1.54, 1.807) is 25.4 Å². The molecule has 0 saturated carbocycles. The Morgan fingerprint density at radius 1 is 1.17 bits per heavy atom. The van der Waals surface area contributed by atoms with E-state index < -0.39 is 9.84 Å². The molecule has 0 aliphatic rings. The fourth-order valence-corrected chi connectivity index (χ4v) is 3.59. The topological polar surface area (TPSA) is 92.7 Å². The molecule has 0 saturated heterocycles. The lowest BCUT2D eigenvalue weighted by atomic mass is 10.1. The molecule has 0 fully saturated rings. The first-order valence-electron chi connectivity index (χ1n) is 9.56. The van der Waals surface area contributed by atoms with Gasteiger partial charge < -0.3 is 15.4 Å². The van der Waals surface area contributed by atoms with Crippen molar-refractivity contribution in [2.45, 2.75) is 38.6 Å². The highest BCUT2D eigenvalue weighted by Crippen LogP contribution is 2.24. The SMILES string of the molecule is CCNC(=NCc1ncc(C)c(OC)c1C)NCCc1ccc(S(C)(=O)=O)cc1.I. The summed E-state index contributed by atoms with van der Waals surface area (Å²) in [5.74, 6) is 1.56. The molecule has 0 aliphatic heterocycles. The van der Waals surface area contributed by atoms with Crippen molar-refractivity contribution < 1.29 is 13.2 Å². The number of aryl methyl sites for hydroxylation is 1. The standard InChI is InChI=1S/C21H30N4O3S.HI/c1-6-22-21(25-14-19-16(3)20(28-4)15(2)13-24-19)23-12-11-17-7-9-18(10-8-17)29(5,26)27;/h7-10,13H,6,11-12,14H2,1-5H3,(H2,22,23,25);1H. The molecule has 30 heavy (non-hydrogen) atoms. The lowest BCUT2D eigenvalue weighted by molar-refractivity contribution is 0.407. The molecule has 0 radical (unpaired) electrons. The van der Waals surface area contributed by atoms with Crippen molar-refractivity contribution in [2.24, 2.45) is 4.99 Å². The van der Waals surface area contributed by atoms with Crippen molar-refractivity contribution >= 4 is 39.8 Å². The molecule has 2 N–H and O–H groups in total. The van der Waals surface area contributed by atoms with Crippen molar-refractivity contribution in [3.63, 3.8) is 0 Å². The molecule has 0 unspecified atom stereocenters. The molecule has 2 rings (SSSR count). The molecule has 0 aliphatic carbocycles. The Bertz CT molecular complexity index is 961. The summed E-state index contributed by atoms with van der Waals surface area (Å²) in [5, 5.41) is 6.53. The van der Waals surface area contributed by atoms with Gasteiger partial charge in [-0.15, -0.1) is 24.0 Å². The van der Waals surface area contributed by atoms with Crippen LogP contribution >= 0.6 is 24.0 Å². The van der Waals surface area contributed by atoms with E-state index in [1.807, 2.05) is 32.9 Å². The number of methoxy groups -OCH3 is 1. The number of halogens is 1. The van der Waals surface area contributed by atoms with Crippen LogP contribution in [0.25, 0.3) is 0 Å². The second-order valence-electron chi connectivity index (χ2n) is 6.83. The first-order valence-corrected chi connectivity index (χ1v) is 11.5. The zero-order valence-electron chi connectivity index (χ0n) is 18.2. The monoisotopic (exact) mass is 546 g/mol. The minimum atomic E-state index is -3.17. The molecule has 9 heteroatoms. The zero-order chi connectivity index (χ0) is 21.4. The van der Waals surface area contributed by atoms with Crippen LogP contribution in [0.15, 0.2) is 40.4 Å². The lowest BCUT2D eigenvalue weighted by Crippen LogP contribution is -2.38. The Labute approximate surface area is 196 Å². The Balaban J connectivity index is 0.00000450. The van der Waals surface area contributed by atoms with Crippen molar-refractivity contribution in [2.75, 3.05) is 26.5 Å². The molecule has 1 heterocycles. The molecular formula is C21H31IN4O3S. The summed E-state index contributed by atoms with van der Waals surface area (Å²) in [5.41, 5.74) is 3.94. The molecule has 166 valence electrons. The zero-order valence-corrected chi connectivity index (χ0v) is 21.3. The van der Waals surface area contributed by atoms with Crippen LogP contribution in [-0.2, 0) is 22.8 Å². The number of hydrogen-bond donors (Lipinski definition) is 2. The van der Waals surface area contributed by atoms with Crippen LogP contribution < -0.4 is 15.4 Å². The van der Waals surface area contributed by atoms with Crippen LogP contribution in [0.4, 0.5) is 0 Å². The van der Waals surface area contributed by atoms with Gasteiger partial charge in [-0.2, -0.15) is 0 Å². The molecule has 0 amide bonds. The second kappa shape index (κ2) is 12.1. The third-order valence-electron chi connectivity index (χ3n) is 4.54. The highest BCUT2D eigenvalue weighted by molar-refractivity contribution is 14.0. The Morgan fingerprint density at radius 2 is 1.83 bits per heavy atom. The van der Waals surface area contributed by atoms with Crippen LogP contribution in [0.2, 0.25) is 0 Å². The number of hydrogen-bond acceptors (Lipinski definition) is 5. The van der Waals surface area contributed by atoms with Gasteiger partial charge in [0.1, 0.15) is 5.75 Å². The highest BCUT2D eigenvalue weighted by atomic mass is 127. The minimum absolute atomic E-state index is 0. The van der Waals surface area contributed by atoms with Gasteiger partial charge in [0.2, 0.25) is 0 Å². The third kappa shape index (κ3) is 7.42. The van der Waals surface area contributed by atoms with Crippen molar-refractivity contribution in [3.8, 4) is 5.75 Å². The summed E-state index contributed by atoms with van der Waals surface area (Å²) in [7, 11) is -1.50. The maximum atomic E-state index is 11.5. The van der Waals surface area contributed by atoms with Crippen LogP contribution in [0.3, 0.4) is 0 Å². The van der Waals surface area contributed by atoms with Crippen LogP contribution in [0.1, 0.15) is 29.3 Å². The summed E-state index contributed by atoms with van der Waals surface area (Å²) in [6, 6.07) is 6.97. The van der Waals surface area contributed by atoms with Gasteiger partial charge in [-0.3, -0.25) is 4.98 Å². The van der Waals surface area contributed by atoms with E-state index in [0.717, 1.165) is 41.1 Å². The van der Waals surface area contributed by atoms with E-state index in [0.29, 0.717) is 23.9 Å². The van der Waals surface area contributed by atoms with Crippen LogP contribution in [-0.4, -0.2) is 45.8 Å². The number of guanidine groups is 1. The van der Waals surface area contributed by atoms with Gasteiger partial charge in [-0.25, -0.2) is 13.4 Å². The summed E-state index contributed by atoms with van der Waals surface area (Å²) in [6.07, 6.45) is 3.77. The van der Waals surface area contributed by atoms with Gasteiger partial charge in [-0.05, 0) is 44.9 Å². The fourth-order valence-electron chi connectivity index (χ4n) is 2.95. The largest absolute Gasteiger partial charge is 0.496 e. The maximum absolute atomic E-state index is 11.5. The number of rotatable bonds is 8. The van der Waals surface area contributed by atoms with E-state index >= 15 is 0 Å². The first kappa shape index (κ1) is 26.2. The first-order chi connectivity index (χ1) is 13.8. The number of nitrogens with zero attached hydrogens (tertiary/aromatic N) is 2. The number of ether oxygens (including phenoxy) is 1. The van der Waals surface area contributed by atoms with Crippen molar-refractivity contribution in [3.05, 3.63) is 52.8 Å². The summed E-state index contributed by atoms with van der Waals surface area (Å²) in [6.45, 7) is 7.84. The number of aliphatic imine (C=N–C) groups is 1. The van der Waals surface area contributed by atoms with Gasteiger partial charge in [0.15, 0.2) is 15.8 Å². The van der Waals surface area contributed by atoms with Crippen molar-refractivity contribution in [1.82, 2.24) is 15.6 Å². The summed E-state index contributed by atoms with van der Waals surface area (Å²) >= 11 is 0. The quantitative estimate of drug-likeness (QED) is 0.301. The van der Waals surface area contributed by atoms with Crippen LogP contribution in [0, 0.1) is 13.8 Å². The van der Waals surface area contributed by atoms with E-state index in [1.165, 1.54) is 6.26 Å². The van der Waals surface area contributed by atoms with Crippen molar-refractivity contribution in [1.29, 1.82) is 0 Å². The molecule has 1 aromatic heterocycles. The molecule has 2 aromatic rings. The fraction of sp³-hybridized carbons (Fsp3) is 0.429. The van der Waals surface area contributed by atoms with E-state index in [2.05, 4.69) is 20.6 Å². The molecular weight excluding hydrogens is 515 g/mol. The van der Waals surface area contributed by atoms with E-state index in [9.17, 15) is 8.42 Å². The van der Waals surface area contributed by atoms with Crippen LogP contribution in [0.5, 0.6) is 5.75 Å².